The predicted molar refractivity (Wildman–Crippen MR) is 143 cm³/mol. The Morgan fingerprint density at radius 2 is 1.97 bits per heavy atom. The van der Waals surface area contributed by atoms with Gasteiger partial charge in [-0.2, -0.15) is 0 Å². The minimum absolute atomic E-state index is 0.0488. The zero-order valence-corrected chi connectivity index (χ0v) is 23.0. The molecule has 0 spiro atoms. The fourth-order valence-corrected chi connectivity index (χ4v) is 6.83. The minimum Gasteiger partial charge on any atom is -0.496 e. The van der Waals surface area contributed by atoms with Crippen LogP contribution in [0.5, 0.6) is 5.75 Å². The number of Topliss-reactive ketones (excluding diaryl/α,β-unsaturated/α-hetero) is 1. The monoisotopic (exact) mass is 528 g/mol. The molecule has 1 aliphatic rings. The van der Waals surface area contributed by atoms with E-state index in [-0.39, 0.29) is 35.9 Å². The van der Waals surface area contributed by atoms with Crippen LogP contribution in [-0.4, -0.2) is 58.8 Å². The van der Waals surface area contributed by atoms with Gasteiger partial charge in [-0.3, -0.25) is 14.6 Å². The van der Waals surface area contributed by atoms with Gasteiger partial charge in [0.25, 0.3) is 5.56 Å². The highest BCUT2D eigenvalue weighted by Crippen LogP contribution is 2.38. The predicted octanol–water partition coefficient (Wildman–Crippen LogP) is 3.63. The topological polar surface area (TPSA) is 114 Å². The Bertz CT molecular complexity index is 1470. The van der Waals surface area contributed by atoms with Crippen molar-refractivity contribution >= 4 is 21.3 Å². The Morgan fingerprint density at radius 3 is 2.62 bits per heavy atom. The summed E-state index contributed by atoms with van der Waals surface area (Å²) in [5.41, 5.74) is 4.28. The number of hydrogen-bond acceptors (Lipinski definition) is 6. The third-order valence-corrected chi connectivity index (χ3v) is 9.64. The molecule has 9 nitrogen and oxygen atoms in total. The minimum atomic E-state index is -3.18. The number of piperidine rings is 1. The molecule has 3 aromatic rings. The van der Waals surface area contributed by atoms with Crippen LogP contribution < -0.4 is 10.3 Å². The summed E-state index contributed by atoms with van der Waals surface area (Å²) < 4.78 is 33.6. The molecule has 0 aromatic carbocycles. The van der Waals surface area contributed by atoms with Crippen molar-refractivity contribution in [2.45, 2.75) is 59.3 Å². The quantitative estimate of drug-likeness (QED) is 0.424. The number of ketones is 1. The molecule has 0 aliphatic carbocycles. The van der Waals surface area contributed by atoms with Crippen LogP contribution >= 0.6 is 0 Å². The van der Waals surface area contributed by atoms with Gasteiger partial charge in [-0.1, -0.05) is 6.92 Å². The molecule has 0 bridgehead atoms. The number of methoxy groups -OCH3 is 1. The standard InChI is InChI=1S/C27H36N4O5S/c1-6-37(34,35)30-12-9-20(10-13-30)18(3)26-19(4)25(22-16-28-11-14-31(22)26)23(32)8-7-21-24(36-5)15-17(2)29-27(21)33/h11,14-16,18,20H,6-10,12-13H2,1-5H3,(H,29,33). The molecule has 1 unspecified atom stereocenters. The maximum atomic E-state index is 13.6. The molecular weight excluding hydrogens is 492 g/mol. The molecule has 200 valence electrons. The second-order valence-electron chi connectivity index (χ2n) is 9.89. The Labute approximate surface area is 217 Å². The van der Waals surface area contributed by atoms with E-state index in [0.717, 1.165) is 29.6 Å². The Kier molecular flexibility index (Phi) is 7.89. The summed E-state index contributed by atoms with van der Waals surface area (Å²) in [6.45, 7) is 8.65. The van der Waals surface area contributed by atoms with Gasteiger partial charge in [0.1, 0.15) is 5.75 Å². The van der Waals surface area contributed by atoms with E-state index >= 15 is 0 Å². The van der Waals surface area contributed by atoms with Crippen LogP contribution in [-0.2, 0) is 16.4 Å². The summed E-state index contributed by atoms with van der Waals surface area (Å²) in [5.74, 6) is 0.982. The van der Waals surface area contributed by atoms with Gasteiger partial charge >= 0.3 is 0 Å². The number of sulfonamides is 1. The fraction of sp³-hybridized carbons (Fsp3) is 0.519. The number of aromatic amines is 1. The van der Waals surface area contributed by atoms with Gasteiger partial charge in [-0.05, 0) is 63.5 Å². The highest BCUT2D eigenvalue weighted by atomic mass is 32.2. The van der Waals surface area contributed by atoms with Crippen molar-refractivity contribution in [1.29, 1.82) is 0 Å². The number of fused-ring (bicyclic) bond motifs is 1. The van der Waals surface area contributed by atoms with Crippen LogP contribution in [0.3, 0.4) is 0 Å². The zero-order chi connectivity index (χ0) is 26.9. The number of pyridine rings is 1. The molecule has 4 rings (SSSR count). The number of carbonyl (C=O) groups excluding carboxylic acids is 1. The van der Waals surface area contributed by atoms with E-state index in [0.29, 0.717) is 41.6 Å². The van der Waals surface area contributed by atoms with Gasteiger partial charge in [-0.15, -0.1) is 0 Å². The van der Waals surface area contributed by atoms with Gasteiger partial charge in [0.2, 0.25) is 10.0 Å². The van der Waals surface area contributed by atoms with Crippen LogP contribution in [0.15, 0.2) is 29.5 Å². The van der Waals surface area contributed by atoms with Crippen LogP contribution in [0.4, 0.5) is 0 Å². The normalized spacial score (nSPS) is 16.2. The lowest BCUT2D eigenvalue weighted by atomic mass is 9.82. The smallest absolute Gasteiger partial charge is 0.255 e. The molecule has 1 atom stereocenters. The number of rotatable bonds is 9. The third kappa shape index (κ3) is 5.22. The van der Waals surface area contributed by atoms with Crippen molar-refractivity contribution < 1.29 is 17.9 Å². The number of ether oxygens (including phenoxy) is 1. The molecule has 0 amide bonds. The number of H-pyrrole nitrogens is 1. The number of aryl methyl sites for hydroxylation is 1. The molecule has 10 heteroatoms. The zero-order valence-electron chi connectivity index (χ0n) is 22.2. The number of hydrogen-bond donors (Lipinski definition) is 1. The fourth-order valence-electron chi connectivity index (χ4n) is 5.70. The lowest BCUT2D eigenvalue weighted by Gasteiger charge is -2.34. The van der Waals surface area contributed by atoms with Crippen molar-refractivity contribution in [2.75, 3.05) is 26.0 Å². The number of nitrogens with zero attached hydrogens (tertiary/aromatic N) is 3. The summed E-state index contributed by atoms with van der Waals surface area (Å²) >= 11 is 0. The first kappa shape index (κ1) is 27.1. The average molecular weight is 529 g/mol. The summed E-state index contributed by atoms with van der Waals surface area (Å²) in [6.07, 6.45) is 7.29. The van der Waals surface area contributed by atoms with E-state index in [1.54, 1.807) is 36.6 Å². The van der Waals surface area contributed by atoms with E-state index in [1.165, 1.54) is 7.11 Å². The van der Waals surface area contributed by atoms with Crippen LogP contribution in [0.25, 0.3) is 5.52 Å². The van der Waals surface area contributed by atoms with Crippen LogP contribution in [0.1, 0.15) is 71.9 Å². The van der Waals surface area contributed by atoms with Crippen molar-refractivity contribution in [1.82, 2.24) is 18.7 Å². The molecule has 4 heterocycles. The molecule has 37 heavy (non-hydrogen) atoms. The van der Waals surface area contributed by atoms with E-state index in [9.17, 15) is 18.0 Å². The lowest BCUT2D eigenvalue weighted by Crippen LogP contribution is -2.40. The third-order valence-electron chi connectivity index (χ3n) is 7.76. The molecule has 1 aliphatic heterocycles. The highest BCUT2D eigenvalue weighted by Gasteiger charge is 2.33. The Hall–Kier alpha value is -2.98. The first-order chi connectivity index (χ1) is 17.6. The molecule has 1 saturated heterocycles. The van der Waals surface area contributed by atoms with Gasteiger partial charge in [-0.25, -0.2) is 12.7 Å². The largest absolute Gasteiger partial charge is 0.496 e. The summed E-state index contributed by atoms with van der Waals surface area (Å²) in [4.78, 5) is 33.1. The van der Waals surface area contributed by atoms with E-state index < -0.39 is 10.0 Å². The number of carbonyl (C=O) groups is 1. The second kappa shape index (κ2) is 10.8. The molecule has 0 saturated carbocycles. The van der Waals surface area contributed by atoms with Gasteiger partial charge < -0.3 is 14.1 Å². The maximum absolute atomic E-state index is 13.6. The highest BCUT2D eigenvalue weighted by molar-refractivity contribution is 7.89. The lowest BCUT2D eigenvalue weighted by molar-refractivity contribution is 0.0983. The van der Waals surface area contributed by atoms with Gasteiger partial charge in [0, 0.05) is 48.9 Å². The van der Waals surface area contributed by atoms with Crippen LogP contribution in [0.2, 0.25) is 0 Å². The second-order valence-corrected chi connectivity index (χ2v) is 12.2. The van der Waals surface area contributed by atoms with Gasteiger partial charge in [0.15, 0.2) is 5.78 Å². The first-order valence-corrected chi connectivity index (χ1v) is 14.4. The molecule has 3 aromatic heterocycles. The summed E-state index contributed by atoms with van der Waals surface area (Å²) in [7, 11) is -1.66. The number of aromatic nitrogens is 3. The van der Waals surface area contributed by atoms with Crippen molar-refractivity contribution in [3.8, 4) is 5.75 Å². The average Bonchev–Trinajstić information content (AvgIpc) is 3.18. The summed E-state index contributed by atoms with van der Waals surface area (Å²) in [5, 5.41) is 0. The summed E-state index contributed by atoms with van der Waals surface area (Å²) in [6, 6.07) is 1.76. The van der Waals surface area contributed by atoms with E-state index in [2.05, 4.69) is 21.3 Å². The van der Waals surface area contributed by atoms with Crippen molar-refractivity contribution in [3.63, 3.8) is 0 Å². The van der Waals surface area contributed by atoms with Gasteiger partial charge in [0.05, 0.1) is 30.1 Å². The van der Waals surface area contributed by atoms with E-state index in [1.807, 2.05) is 13.1 Å². The Balaban J connectivity index is 1.61. The Morgan fingerprint density at radius 1 is 1.27 bits per heavy atom. The first-order valence-electron chi connectivity index (χ1n) is 12.8. The molecular formula is C27H36N4O5S. The van der Waals surface area contributed by atoms with Crippen molar-refractivity contribution in [3.05, 3.63) is 63.1 Å². The molecule has 1 fully saturated rings. The van der Waals surface area contributed by atoms with E-state index in [4.69, 9.17) is 4.74 Å². The SMILES string of the molecule is CCS(=O)(=O)N1CCC(C(C)c2c(C)c(C(=O)CCc3c(OC)cc(C)[nH]c3=O)c3cnccn23)CC1. The van der Waals surface area contributed by atoms with Crippen LogP contribution in [0, 0.1) is 19.8 Å². The molecule has 1 N–H and O–H groups in total. The maximum Gasteiger partial charge on any atom is 0.255 e. The number of nitrogens with one attached hydrogen (secondary N) is 1. The van der Waals surface area contributed by atoms with Crippen molar-refractivity contribution in [2.24, 2.45) is 5.92 Å². The molecule has 0 radical (unpaired) electrons.